The van der Waals surface area contributed by atoms with Crippen LogP contribution in [0.3, 0.4) is 0 Å². The van der Waals surface area contributed by atoms with Crippen LogP contribution in [0.4, 0.5) is 0 Å². The number of aliphatic carboxylic acids is 1. The molecule has 1 aromatic carbocycles. The van der Waals surface area contributed by atoms with Crippen LogP contribution in [0.2, 0.25) is 0 Å². The Labute approximate surface area is 106 Å². The first-order chi connectivity index (χ1) is 7.99. The Morgan fingerprint density at radius 1 is 1.35 bits per heavy atom. The molecule has 0 spiro atoms. The molecule has 0 aromatic heterocycles. The van der Waals surface area contributed by atoms with Crippen LogP contribution in [0, 0.1) is 0 Å². The molecule has 1 N–H and O–H groups in total. The second-order valence-corrected chi connectivity index (χ2v) is 4.06. The summed E-state index contributed by atoms with van der Waals surface area (Å²) in [6.45, 7) is 0. The van der Waals surface area contributed by atoms with Gasteiger partial charge in [-0.25, -0.2) is 4.79 Å². The standard InChI is InChI=1S/C11H11BrO5/c1-16-9-3-6(4-10(13)14)8(12)5-7(9)11(15)17-2/h3,5H,4H2,1-2H3,(H,13,14). The van der Waals surface area contributed by atoms with Gasteiger partial charge in [0.1, 0.15) is 11.3 Å². The van der Waals surface area contributed by atoms with Crippen molar-refractivity contribution in [3.05, 3.63) is 27.7 Å². The Kier molecular flexibility index (Phi) is 4.51. The summed E-state index contributed by atoms with van der Waals surface area (Å²) in [7, 11) is 2.67. The Morgan fingerprint density at radius 2 is 2.00 bits per heavy atom. The molecule has 1 rings (SSSR count). The van der Waals surface area contributed by atoms with Crippen LogP contribution in [-0.2, 0) is 16.0 Å². The molecule has 0 saturated heterocycles. The van der Waals surface area contributed by atoms with Gasteiger partial charge in [0.25, 0.3) is 0 Å². The molecule has 17 heavy (non-hydrogen) atoms. The van der Waals surface area contributed by atoms with Gasteiger partial charge in [-0.1, -0.05) is 15.9 Å². The third kappa shape index (κ3) is 3.20. The first-order valence-corrected chi connectivity index (χ1v) is 5.45. The van der Waals surface area contributed by atoms with Gasteiger partial charge in [0.05, 0.1) is 20.6 Å². The molecule has 0 saturated carbocycles. The molecule has 0 atom stereocenters. The molecule has 0 fully saturated rings. The molecule has 0 aliphatic carbocycles. The lowest BCUT2D eigenvalue weighted by atomic mass is 10.1. The molecular formula is C11H11BrO5. The molecule has 0 radical (unpaired) electrons. The molecule has 0 amide bonds. The van der Waals surface area contributed by atoms with Crippen molar-refractivity contribution < 1.29 is 24.2 Å². The van der Waals surface area contributed by atoms with Crippen LogP contribution < -0.4 is 4.74 Å². The van der Waals surface area contributed by atoms with E-state index in [1.165, 1.54) is 26.4 Å². The Balaban J connectivity index is 3.24. The van der Waals surface area contributed by atoms with Crippen LogP contribution in [0.25, 0.3) is 0 Å². The summed E-state index contributed by atoms with van der Waals surface area (Å²) in [5, 5.41) is 8.73. The maximum absolute atomic E-state index is 11.4. The van der Waals surface area contributed by atoms with Crippen molar-refractivity contribution in [2.24, 2.45) is 0 Å². The minimum absolute atomic E-state index is 0.154. The number of ether oxygens (including phenoxy) is 2. The summed E-state index contributed by atoms with van der Waals surface area (Å²) in [4.78, 5) is 22.1. The monoisotopic (exact) mass is 302 g/mol. The second kappa shape index (κ2) is 5.67. The fourth-order valence-electron chi connectivity index (χ4n) is 1.33. The molecule has 1 aromatic rings. The zero-order valence-electron chi connectivity index (χ0n) is 9.32. The molecule has 5 nitrogen and oxygen atoms in total. The van der Waals surface area contributed by atoms with Gasteiger partial charge in [-0.05, 0) is 17.7 Å². The number of hydrogen-bond acceptors (Lipinski definition) is 4. The number of rotatable bonds is 4. The van der Waals surface area contributed by atoms with Crippen molar-refractivity contribution in [2.45, 2.75) is 6.42 Å². The lowest BCUT2D eigenvalue weighted by Gasteiger charge is -2.10. The summed E-state index contributed by atoms with van der Waals surface area (Å²) in [5.74, 6) is -1.21. The quantitative estimate of drug-likeness (QED) is 0.860. The largest absolute Gasteiger partial charge is 0.496 e. The van der Waals surface area contributed by atoms with Gasteiger partial charge in [-0.2, -0.15) is 0 Å². The van der Waals surface area contributed by atoms with E-state index >= 15 is 0 Å². The van der Waals surface area contributed by atoms with E-state index in [2.05, 4.69) is 20.7 Å². The van der Waals surface area contributed by atoms with Gasteiger partial charge >= 0.3 is 11.9 Å². The minimum atomic E-state index is -0.960. The van der Waals surface area contributed by atoms with E-state index in [-0.39, 0.29) is 17.7 Å². The van der Waals surface area contributed by atoms with Gasteiger partial charge in [0.15, 0.2) is 0 Å². The number of carboxylic acid groups (broad SMARTS) is 1. The first kappa shape index (κ1) is 13.5. The summed E-state index contributed by atoms with van der Waals surface area (Å²) in [6.07, 6.45) is -0.154. The van der Waals surface area contributed by atoms with E-state index in [1.807, 2.05) is 0 Å². The highest BCUT2D eigenvalue weighted by molar-refractivity contribution is 9.10. The summed E-state index contributed by atoms with van der Waals surface area (Å²) in [6, 6.07) is 2.99. The predicted octanol–water partition coefficient (Wildman–Crippen LogP) is 1.87. The summed E-state index contributed by atoms with van der Waals surface area (Å²) in [5.41, 5.74) is 0.776. The highest BCUT2D eigenvalue weighted by Gasteiger charge is 2.17. The maximum atomic E-state index is 11.4. The average molecular weight is 303 g/mol. The third-order valence-corrected chi connectivity index (χ3v) is 2.85. The number of halogens is 1. The van der Waals surface area contributed by atoms with Crippen molar-refractivity contribution >= 4 is 27.9 Å². The summed E-state index contributed by atoms with van der Waals surface area (Å²) >= 11 is 3.21. The first-order valence-electron chi connectivity index (χ1n) is 4.66. The average Bonchev–Trinajstić information content (AvgIpc) is 2.29. The van der Waals surface area contributed by atoms with Crippen LogP contribution in [0.15, 0.2) is 16.6 Å². The maximum Gasteiger partial charge on any atom is 0.341 e. The van der Waals surface area contributed by atoms with E-state index in [0.29, 0.717) is 10.0 Å². The molecular weight excluding hydrogens is 292 g/mol. The number of benzene rings is 1. The predicted molar refractivity (Wildman–Crippen MR) is 63.4 cm³/mol. The van der Waals surface area contributed by atoms with Gasteiger partial charge in [-0.3, -0.25) is 4.79 Å². The minimum Gasteiger partial charge on any atom is -0.496 e. The van der Waals surface area contributed by atoms with Gasteiger partial charge < -0.3 is 14.6 Å². The van der Waals surface area contributed by atoms with Crippen molar-refractivity contribution in [1.29, 1.82) is 0 Å². The molecule has 0 unspecified atom stereocenters. The smallest absolute Gasteiger partial charge is 0.341 e. The van der Waals surface area contributed by atoms with Crippen molar-refractivity contribution in [1.82, 2.24) is 0 Å². The van der Waals surface area contributed by atoms with Crippen LogP contribution in [0.1, 0.15) is 15.9 Å². The highest BCUT2D eigenvalue weighted by Crippen LogP contribution is 2.28. The van der Waals surface area contributed by atoms with E-state index in [4.69, 9.17) is 9.84 Å². The lowest BCUT2D eigenvalue weighted by Crippen LogP contribution is -2.07. The van der Waals surface area contributed by atoms with E-state index in [9.17, 15) is 9.59 Å². The Bertz CT molecular complexity index is 455. The SMILES string of the molecule is COC(=O)c1cc(Br)c(CC(=O)O)cc1OC. The van der Waals surface area contributed by atoms with E-state index in [0.717, 1.165) is 0 Å². The van der Waals surface area contributed by atoms with Gasteiger partial charge in [0.2, 0.25) is 0 Å². The van der Waals surface area contributed by atoms with Crippen LogP contribution in [0.5, 0.6) is 5.75 Å². The number of carbonyl (C=O) groups excluding carboxylic acids is 1. The number of hydrogen-bond donors (Lipinski definition) is 1. The highest BCUT2D eigenvalue weighted by atomic mass is 79.9. The fourth-order valence-corrected chi connectivity index (χ4v) is 1.82. The van der Waals surface area contributed by atoms with Gasteiger partial charge in [0, 0.05) is 4.47 Å². The lowest BCUT2D eigenvalue weighted by molar-refractivity contribution is -0.136. The van der Waals surface area contributed by atoms with Crippen molar-refractivity contribution in [3.8, 4) is 5.75 Å². The molecule has 0 heterocycles. The topological polar surface area (TPSA) is 72.8 Å². The molecule has 0 bridgehead atoms. The molecule has 92 valence electrons. The van der Waals surface area contributed by atoms with Crippen molar-refractivity contribution in [3.63, 3.8) is 0 Å². The van der Waals surface area contributed by atoms with Gasteiger partial charge in [-0.15, -0.1) is 0 Å². The zero-order chi connectivity index (χ0) is 13.0. The normalized spacial score (nSPS) is 9.82. The van der Waals surface area contributed by atoms with Crippen molar-refractivity contribution in [2.75, 3.05) is 14.2 Å². The number of methoxy groups -OCH3 is 2. The molecule has 0 aliphatic heterocycles. The molecule has 6 heteroatoms. The van der Waals surface area contributed by atoms with Crippen LogP contribution in [-0.4, -0.2) is 31.3 Å². The fraction of sp³-hybridized carbons (Fsp3) is 0.273. The number of carbonyl (C=O) groups is 2. The Morgan fingerprint density at radius 3 is 2.47 bits per heavy atom. The number of carboxylic acids is 1. The van der Waals surface area contributed by atoms with E-state index < -0.39 is 11.9 Å². The third-order valence-electron chi connectivity index (χ3n) is 2.12. The summed E-state index contributed by atoms with van der Waals surface area (Å²) < 4.78 is 10.2. The Hall–Kier alpha value is -1.56. The number of esters is 1. The zero-order valence-corrected chi connectivity index (χ0v) is 10.9. The molecule has 0 aliphatic rings. The van der Waals surface area contributed by atoms with Crippen LogP contribution >= 0.6 is 15.9 Å². The second-order valence-electron chi connectivity index (χ2n) is 3.21. The van der Waals surface area contributed by atoms with E-state index in [1.54, 1.807) is 0 Å².